The monoisotopic (exact) mass is 300 g/mol. The number of nitrogens with one attached hydrogen (secondary N) is 2. The van der Waals surface area contributed by atoms with Crippen LogP contribution in [-0.2, 0) is 24.0 Å². The minimum Gasteiger partial charge on any atom is -0.364 e. The molecule has 7 heteroatoms. The van der Waals surface area contributed by atoms with E-state index in [1.807, 2.05) is 0 Å². The van der Waals surface area contributed by atoms with Gasteiger partial charge in [0.15, 0.2) is 0 Å². The molecule has 4 nitrogen and oxygen atoms in total. The highest BCUT2D eigenvalue weighted by Crippen LogP contribution is 2.38. The van der Waals surface area contributed by atoms with Gasteiger partial charge in [0.05, 0.1) is 5.56 Å². The second kappa shape index (κ2) is 4.71. The first-order valence-corrected chi connectivity index (χ1v) is 6.66. The molecule has 2 N–H and O–H groups in total. The Bertz CT molecular complexity index is 595. The van der Waals surface area contributed by atoms with Gasteiger partial charge in [0.2, 0.25) is 0 Å². The lowest BCUT2D eigenvalue weighted by atomic mass is 9.99. The average Bonchev–Trinajstić information content (AvgIpc) is 3.13. The average molecular weight is 300 g/mol. The number of hydrogen-bond donors (Lipinski definition) is 2. The lowest BCUT2D eigenvalue weighted by Gasteiger charge is -2.17. The van der Waals surface area contributed by atoms with E-state index in [1.54, 1.807) is 7.11 Å². The molecule has 3 rings (SSSR count). The van der Waals surface area contributed by atoms with Gasteiger partial charge < -0.3 is 10.1 Å². The molecule has 21 heavy (non-hydrogen) atoms. The van der Waals surface area contributed by atoms with Gasteiger partial charge >= 0.3 is 6.18 Å². The summed E-state index contributed by atoms with van der Waals surface area (Å²) in [6.07, 6.45) is -2.80. The summed E-state index contributed by atoms with van der Waals surface area (Å²) in [7, 11) is 1.57. The Morgan fingerprint density at radius 3 is 2.67 bits per heavy atom. The molecular weight excluding hydrogens is 285 g/mol. The van der Waals surface area contributed by atoms with Crippen LogP contribution in [-0.4, -0.2) is 18.7 Å². The number of carbonyl (C=O) groups is 1. The number of amides is 1. The molecule has 0 aromatic heterocycles. The molecule has 1 aromatic rings. The fourth-order valence-electron chi connectivity index (χ4n) is 2.57. The second-order valence-electron chi connectivity index (χ2n) is 5.40. The summed E-state index contributed by atoms with van der Waals surface area (Å²) in [5.74, 6) is -0.453. The zero-order valence-corrected chi connectivity index (χ0v) is 11.4. The number of methoxy groups -OCH3 is 1. The third kappa shape index (κ3) is 2.63. The first kappa shape index (κ1) is 14.3. The number of benzene rings is 1. The van der Waals surface area contributed by atoms with Crippen molar-refractivity contribution in [2.75, 3.05) is 7.11 Å². The summed E-state index contributed by atoms with van der Waals surface area (Å²) in [5, 5.41) is 5.54. The molecule has 1 aliphatic heterocycles. The van der Waals surface area contributed by atoms with Crippen LogP contribution >= 0.6 is 0 Å². The molecule has 114 valence electrons. The van der Waals surface area contributed by atoms with Gasteiger partial charge in [-0.2, -0.15) is 13.2 Å². The zero-order chi connectivity index (χ0) is 15.3. The van der Waals surface area contributed by atoms with Crippen LogP contribution in [0.5, 0.6) is 0 Å². The van der Waals surface area contributed by atoms with Crippen molar-refractivity contribution < 1.29 is 22.7 Å². The zero-order valence-electron chi connectivity index (χ0n) is 11.4. The maximum atomic E-state index is 13.1. The summed E-state index contributed by atoms with van der Waals surface area (Å²) in [6, 6.07) is 2.63. The summed E-state index contributed by atoms with van der Waals surface area (Å²) in [5.41, 5.74) is -0.577. The molecule has 0 unspecified atom stereocenters. The molecule has 1 heterocycles. The largest absolute Gasteiger partial charge is 0.416 e. The van der Waals surface area contributed by atoms with Gasteiger partial charge in [0.25, 0.3) is 5.91 Å². The van der Waals surface area contributed by atoms with Crippen molar-refractivity contribution in [1.29, 1.82) is 0 Å². The molecular formula is C14H15F3N2O2. The van der Waals surface area contributed by atoms with Crippen molar-refractivity contribution in [2.24, 2.45) is 0 Å². The van der Waals surface area contributed by atoms with Gasteiger partial charge in [0, 0.05) is 25.8 Å². The summed E-state index contributed by atoms with van der Waals surface area (Å²) < 4.78 is 44.6. The van der Waals surface area contributed by atoms with Crippen LogP contribution < -0.4 is 10.6 Å². The molecule has 0 atom stereocenters. The standard InChI is InChI=1S/C14H15F3N2O2/c1-21-13(2-3-13)19-6-8-4-9-10(7-18-12(9)20)11(5-8)14(15,16)17/h4-5,19H,2-3,6-7H2,1H3,(H,18,20). The Morgan fingerprint density at radius 1 is 1.38 bits per heavy atom. The molecule has 0 bridgehead atoms. The Kier molecular flexibility index (Phi) is 3.22. The third-order valence-electron chi connectivity index (χ3n) is 3.99. The summed E-state index contributed by atoms with van der Waals surface area (Å²) in [6.45, 7) is 0.163. The van der Waals surface area contributed by atoms with E-state index in [2.05, 4.69) is 10.6 Å². The van der Waals surface area contributed by atoms with Crippen molar-refractivity contribution in [3.05, 3.63) is 34.4 Å². The maximum absolute atomic E-state index is 13.1. The molecule has 0 radical (unpaired) electrons. The van der Waals surface area contributed by atoms with Crippen molar-refractivity contribution in [2.45, 2.75) is 37.8 Å². The Morgan fingerprint density at radius 2 is 2.10 bits per heavy atom. The first-order valence-electron chi connectivity index (χ1n) is 6.66. The quantitative estimate of drug-likeness (QED) is 0.838. The number of hydrogen-bond acceptors (Lipinski definition) is 3. The highest BCUT2D eigenvalue weighted by atomic mass is 19.4. The molecule has 0 saturated heterocycles. The second-order valence-corrected chi connectivity index (χ2v) is 5.40. The van der Waals surface area contributed by atoms with E-state index in [-0.39, 0.29) is 24.2 Å². The van der Waals surface area contributed by atoms with Gasteiger partial charge in [-0.15, -0.1) is 0 Å². The first-order chi connectivity index (χ1) is 9.85. The molecule has 1 amide bonds. The van der Waals surface area contributed by atoms with E-state index in [9.17, 15) is 18.0 Å². The minimum atomic E-state index is -4.47. The molecule has 1 aromatic carbocycles. The fourth-order valence-corrected chi connectivity index (χ4v) is 2.57. The molecule has 1 saturated carbocycles. The number of ether oxygens (including phenoxy) is 1. The van der Waals surface area contributed by atoms with E-state index in [1.165, 1.54) is 6.07 Å². The van der Waals surface area contributed by atoms with E-state index in [0.717, 1.165) is 18.9 Å². The van der Waals surface area contributed by atoms with E-state index in [4.69, 9.17) is 4.74 Å². The maximum Gasteiger partial charge on any atom is 0.416 e. The molecule has 1 fully saturated rings. The topological polar surface area (TPSA) is 50.4 Å². The summed E-state index contributed by atoms with van der Waals surface area (Å²) in [4.78, 5) is 11.6. The third-order valence-corrected chi connectivity index (χ3v) is 3.99. The van der Waals surface area contributed by atoms with Crippen LogP contribution in [0.25, 0.3) is 0 Å². The van der Waals surface area contributed by atoms with Crippen LogP contribution in [0.1, 0.15) is 39.9 Å². The lowest BCUT2D eigenvalue weighted by Crippen LogP contribution is -2.32. The number of halogens is 3. The van der Waals surface area contributed by atoms with Crippen LogP contribution in [0.4, 0.5) is 13.2 Å². The number of rotatable bonds is 4. The van der Waals surface area contributed by atoms with Gasteiger partial charge in [-0.3, -0.25) is 10.1 Å². The molecule has 1 aliphatic carbocycles. The van der Waals surface area contributed by atoms with E-state index >= 15 is 0 Å². The highest BCUT2D eigenvalue weighted by molar-refractivity contribution is 5.99. The SMILES string of the molecule is COC1(NCc2cc3c(c(C(F)(F)F)c2)CNC3=O)CC1. The number of carbonyl (C=O) groups excluding carboxylic acids is 1. The van der Waals surface area contributed by atoms with Crippen molar-refractivity contribution in [3.8, 4) is 0 Å². The van der Waals surface area contributed by atoms with Crippen LogP contribution in [0.2, 0.25) is 0 Å². The summed E-state index contributed by atoms with van der Waals surface area (Å²) >= 11 is 0. The van der Waals surface area contributed by atoms with Crippen LogP contribution in [0.15, 0.2) is 12.1 Å². The Labute approximate surface area is 119 Å². The fraction of sp³-hybridized carbons (Fsp3) is 0.500. The predicted octanol–water partition coefficient (Wildman–Crippen LogP) is 2.17. The smallest absolute Gasteiger partial charge is 0.364 e. The van der Waals surface area contributed by atoms with Crippen LogP contribution in [0.3, 0.4) is 0 Å². The van der Waals surface area contributed by atoms with E-state index < -0.39 is 23.4 Å². The lowest BCUT2D eigenvalue weighted by molar-refractivity contribution is -0.138. The van der Waals surface area contributed by atoms with Crippen molar-refractivity contribution >= 4 is 5.91 Å². The van der Waals surface area contributed by atoms with Gasteiger partial charge in [-0.05, 0) is 36.1 Å². The Balaban J connectivity index is 1.91. The van der Waals surface area contributed by atoms with Crippen LogP contribution in [0, 0.1) is 0 Å². The van der Waals surface area contributed by atoms with Gasteiger partial charge in [-0.25, -0.2) is 0 Å². The normalized spacial score (nSPS) is 19.3. The number of alkyl halides is 3. The van der Waals surface area contributed by atoms with Crippen molar-refractivity contribution in [3.63, 3.8) is 0 Å². The Hall–Kier alpha value is -1.60. The predicted molar refractivity (Wildman–Crippen MR) is 68.4 cm³/mol. The van der Waals surface area contributed by atoms with Gasteiger partial charge in [0.1, 0.15) is 5.72 Å². The van der Waals surface area contributed by atoms with E-state index in [0.29, 0.717) is 5.56 Å². The minimum absolute atomic E-state index is 0.0316. The van der Waals surface area contributed by atoms with Crippen molar-refractivity contribution in [1.82, 2.24) is 10.6 Å². The number of fused-ring (bicyclic) bond motifs is 1. The highest BCUT2D eigenvalue weighted by Gasteiger charge is 2.43. The molecule has 2 aliphatic rings. The molecule has 0 spiro atoms. The van der Waals surface area contributed by atoms with Gasteiger partial charge in [-0.1, -0.05) is 0 Å².